The van der Waals surface area contributed by atoms with Crippen LogP contribution in [0.15, 0.2) is 54.7 Å². The van der Waals surface area contributed by atoms with Crippen LogP contribution in [0.4, 0.5) is 10.5 Å². The molecule has 3 aromatic rings. The van der Waals surface area contributed by atoms with E-state index < -0.39 is 23.6 Å². The van der Waals surface area contributed by atoms with Crippen LogP contribution in [0.2, 0.25) is 0 Å². The molecular weight excluding hydrogens is 440 g/mol. The fourth-order valence-electron chi connectivity index (χ4n) is 4.54. The first-order chi connectivity index (χ1) is 16.3. The van der Waals surface area contributed by atoms with Gasteiger partial charge in [-0.3, -0.25) is 14.8 Å². The van der Waals surface area contributed by atoms with Gasteiger partial charge in [0.2, 0.25) is 0 Å². The molecule has 0 bridgehead atoms. The molecule has 2 heterocycles. The Kier molecular flexibility index (Phi) is 5.09. The third-order valence-electron chi connectivity index (χ3n) is 6.31. The highest BCUT2D eigenvalue weighted by Crippen LogP contribution is 2.44. The summed E-state index contributed by atoms with van der Waals surface area (Å²) in [6.07, 6.45) is 0.576. The molecule has 34 heavy (non-hydrogen) atoms. The number of benzene rings is 2. The van der Waals surface area contributed by atoms with Gasteiger partial charge in [-0.25, -0.2) is 9.59 Å². The van der Waals surface area contributed by atoms with Crippen molar-refractivity contribution in [3.8, 4) is 11.1 Å². The standard InChI is InChI=1S/C24H22N4O6/c1-27-20(21(29)28-12-24(33,13-28)22(30)31)19(10-25-27)26-23(32)34-11-18-16-8-4-2-6-14(16)15-7-3-5-9-17(15)18/h2-10,18,33H,11-13H2,1H3,(H,26,32)(H,30,31). The van der Waals surface area contributed by atoms with Gasteiger partial charge in [0.1, 0.15) is 12.3 Å². The van der Waals surface area contributed by atoms with Gasteiger partial charge in [-0.05, 0) is 22.3 Å². The first kappa shape index (κ1) is 21.7. The molecule has 174 valence electrons. The van der Waals surface area contributed by atoms with Crippen molar-refractivity contribution in [2.75, 3.05) is 25.0 Å². The highest BCUT2D eigenvalue weighted by atomic mass is 16.5. The summed E-state index contributed by atoms with van der Waals surface area (Å²) in [7, 11) is 1.53. The van der Waals surface area contributed by atoms with Gasteiger partial charge in [0.05, 0.1) is 25.0 Å². The number of hydrogen-bond donors (Lipinski definition) is 3. The average Bonchev–Trinajstić information content (AvgIpc) is 3.32. The first-order valence-corrected chi connectivity index (χ1v) is 10.7. The molecule has 2 amide bonds. The minimum atomic E-state index is -1.96. The van der Waals surface area contributed by atoms with Gasteiger partial charge in [-0.1, -0.05) is 48.5 Å². The summed E-state index contributed by atoms with van der Waals surface area (Å²) in [5.74, 6) is -2.05. The second kappa shape index (κ2) is 7.99. The smallest absolute Gasteiger partial charge is 0.411 e. The fourth-order valence-corrected chi connectivity index (χ4v) is 4.54. The Bertz CT molecular complexity index is 1260. The number of nitrogens with one attached hydrogen (secondary N) is 1. The van der Waals surface area contributed by atoms with Crippen molar-refractivity contribution >= 4 is 23.7 Å². The van der Waals surface area contributed by atoms with Crippen LogP contribution >= 0.6 is 0 Å². The second-order valence-electron chi connectivity index (χ2n) is 8.48. The Labute approximate surface area is 194 Å². The molecule has 0 spiro atoms. The Balaban J connectivity index is 1.27. The van der Waals surface area contributed by atoms with Gasteiger partial charge in [0.25, 0.3) is 5.91 Å². The number of carboxylic acids is 1. The topological polar surface area (TPSA) is 134 Å². The van der Waals surface area contributed by atoms with E-state index in [4.69, 9.17) is 9.84 Å². The van der Waals surface area contributed by atoms with Crippen LogP contribution < -0.4 is 5.32 Å². The SMILES string of the molecule is Cn1ncc(NC(=O)OCC2c3ccccc3-c3ccccc32)c1C(=O)N1CC(O)(C(=O)O)C1. The molecule has 10 heteroatoms. The number of carbonyl (C=O) groups excluding carboxylic acids is 2. The summed E-state index contributed by atoms with van der Waals surface area (Å²) in [5, 5.41) is 25.5. The van der Waals surface area contributed by atoms with E-state index >= 15 is 0 Å². The number of rotatable bonds is 5. The summed E-state index contributed by atoms with van der Waals surface area (Å²) in [6, 6.07) is 16.0. The third-order valence-corrected chi connectivity index (χ3v) is 6.31. The Hall–Kier alpha value is -4.18. The fraction of sp³-hybridized carbons (Fsp3) is 0.250. The minimum absolute atomic E-state index is 0.0564. The van der Waals surface area contributed by atoms with Crippen LogP contribution in [0.3, 0.4) is 0 Å². The van der Waals surface area contributed by atoms with Gasteiger partial charge in [-0.2, -0.15) is 5.10 Å². The maximum Gasteiger partial charge on any atom is 0.411 e. The number of aliphatic carboxylic acids is 1. The number of ether oxygens (including phenoxy) is 1. The predicted octanol–water partition coefficient (Wildman–Crippen LogP) is 2.05. The van der Waals surface area contributed by atoms with E-state index in [9.17, 15) is 19.5 Å². The van der Waals surface area contributed by atoms with E-state index in [1.807, 2.05) is 48.5 Å². The molecule has 1 aromatic heterocycles. The minimum Gasteiger partial charge on any atom is -0.479 e. The van der Waals surface area contributed by atoms with Crippen LogP contribution in [0.25, 0.3) is 11.1 Å². The predicted molar refractivity (Wildman–Crippen MR) is 120 cm³/mol. The van der Waals surface area contributed by atoms with Crippen molar-refractivity contribution in [2.24, 2.45) is 7.05 Å². The lowest BCUT2D eigenvalue weighted by atomic mass is 9.94. The molecule has 5 rings (SSSR count). The molecular formula is C24H22N4O6. The lowest BCUT2D eigenvalue weighted by Gasteiger charge is -2.43. The quantitative estimate of drug-likeness (QED) is 0.528. The molecule has 0 radical (unpaired) electrons. The van der Waals surface area contributed by atoms with E-state index in [1.54, 1.807) is 0 Å². The van der Waals surface area contributed by atoms with Gasteiger partial charge >= 0.3 is 12.1 Å². The van der Waals surface area contributed by atoms with Gasteiger partial charge < -0.3 is 19.8 Å². The summed E-state index contributed by atoms with van der Waals surface area (Å²) in [5.41, 5.74) is 2.62. The number of aliphatic hydroxyl groups is 1. The van der Waals surface area contributed by atoms with Crippen LogP contribution in [-0.4, -0.2) is 68.2 Å². The van der Waals surface area contributed by atoms with Crippen LogP contribution in [0.5, 0.6) is 0 Å². The summed E-state index contributed by atoms with van der Waals surface area (Å²) in [6.45, 7) is -0.589. The van der Waals surface area contributed by atoms with Crippen molar-refractivity contribution in [1.29, 1.82) is 0 Å². The van der Waals surface area contributed by atoms with Crippen molar-refractivity contribution in [2.45, 2.75) is 11.5 Å². The molecule has 3 N–H and O–H groups in total. The number of carboxylic acid groups (broad SMARTS) is 1. The zero-order valence-electron chi connectivity index (χ0n) is 18.3. The summed E-state index contributed by atoms with van der Waals surface area (Å²) in [4.78, 5) is 37.7. The second-order valence-corrected chi connectivity index (χ2v) is 8.48. The number of nitrogens with zero attached hydrogens (tertiary/aromatic N) is 3. The number of carbonyl (C=O) groups is 3. The maximum absolute atomic E-state index is 12.8. The number of amides is 2. The highest BCUT2D eigenvalue weighted by Gasteiger charge is 2.50. The molecule has 2 aliphatic rings. The molecule has 1 aliphatic heterocycles. The molecule has 0 unspecified atom stereocenters. The van der Waals surface area contributed by atoms with Crippen molar-refractivity contribution in [3.63, 3.8) is 0 Å². The van der Waals surface area contributed by atoms with Crippen molar-refractivity contribution < 1.29 is 29.3 Å². The van der Waals surface area contributed by atoms with Crippen LogP contribution in [-0.2, 0) is 16.6 Å². The zero-order valence-corrected chi connectivity index (χ0v) is 18.3. The molecule has 0 saturated carbocycles. The van der Waals surface area contributed by atoms with E-state index in [1.165, 1.54) is 22.8 Å². The number of anilines is 1. The number of likely N-dealkylation sites (tertiary alicyclic amines) is 1. The average molecular weight is 462 g/mol. The van der Waals surface area contributed by atoms with E-state index in [-0.39, 0.29) is 37.0 Å². The van der Waals surface area contributed by atoms with E-state index in [0.29, 0.717) is 0 Å². The molecule has 1 fully saturated rings. The van der Waals surface area contributed by atoms with E-state index in [2.05, 4.69) is 10.4 Å². The normalized spacial score (nSPS) is 15.8. The highest BCUT2D eigenvalue weighted by molar-refractivity contribution is 6.02. The maximum atomic E-state index is 12.8. The van der Waals surface area contributed by atoms with Gasteiger partial charge in [0, 0.05) is 13.0 Å². The van der Waals surface area contributed by atoms with E-state index in [0.717, 1.165) is 22.3 Å². The number of hydrogen-bond acceptors (Lipinski definition) is 6. The number of aromatic nitrogens is 2. The molecule has 1 saturated heterocycles. The van der Waals surface area contributed by atoms with Gasteiger partial charge in [-0.15, -0.1) is 0 Å². The molecule has 1 aliphatic carbocycles. The van der Waals surface area contributed by atoms with Crippen molar-refractivity contribution in [1.82, 2.24) is 14.7 Å². The van der Waals surface area contributed by atoms with Gasteiger partial charge in [0.15, 0.2) is 5.60 Å². The number of β-amino-alcohol motifs (C(OH)–C–C–N with tert-alkyl or cyclic N) is 1. The lowest BCUT2D eigenvalue weighted by molar-refractivity contribution is -0.173. The zero-order chi connectivity index (χ0) is 24.0. The molecule has 2 aromatic carbocycles. The Morgan fingerprint density at radius 1 is 1.09 bits per heavy atom. The summed E-state index contributed by atoms with van der Waals surface area (Å²) < 4.78 is 6.80. The Morgan fingerprint density at radius 3 is 2.26 bits per heavy atom. The summed E-state index contributed by atoms with van der Waals surface area (Å²) >= 11 is 0. The van der Waals surface area contributed by atoms with Crippen LogP contribution in [0, 0.1) is 0 Å². The third kappa shape index (κ3) is 3.48. The van der Waals surface area contributed by atoms with Crippen molar-refractivity contribution in [3.05, 3.63) is 71.5 Å². The molecule has 0 atom stereocenters. The number of fused-ring (bicyclic) bond motifs is 3. The number of aryl methyl sites for hydroxylation is 1. The largest absolute Gasteiger partial charge is 0.479 e. The monoisotopic (exact) mass is 462 g/mol. The lowest BCUT2D eigenvalue weighted by Crippen LogP contribution is -2.67. The Morgan fingerprint density at radius 2 is 1.68 bits per heavy atom. The first-order valence-electron chi connectivity index (χ1n) is 10.7. The van der Waals surface area contributed by atoms with Crippen LogP contribution in [0.1, 0.15) is 27.5 Å². The molecule has 10 nitrogen and oxygen atoms in total.